The van der Waals surface area contributed by atoms with Gasteiger partial charge in [-0.05, 0) is 43.5 Å². The molecule has 0 unspecified atom stereocenters. The number of aliphatic carboxylic acids is 1. The van der Waals surface area contributed by atoms with Crippen molar-refractivity contribution in [3.05, 3.63) is 47.9 Å². The van der Waals surface area contributed by atoms with Crippen molar-refractivity contribution in [1.29, 1.82) is 0 Å². The van der Waals surface area contributed by atoms with Gasteiger partial charge in [0.15, 0.2) is 0 Å². The van der Waals surface area contributed by atoms with E-state index in [1.54, 1.807) is 6.20 Å². The number of nitrogens with zero attached hydrogens (tertiary/aromatic N) is 3. The van der Waals surface area contributed by atoms with Crippen molar-refractivity contribution in [2.45, 2.75) is 25.6 Å². The fourth-order valence-corrected chi connectivity index (χ4v) is 3.57. The van der Waals surface area contributed by atoms with Crippen LogP contribution in [0.4, 0.5) is 24.7 Å². The number of carbonyl (C=O) groups is 2. The van der Waals surface area contributed by atoms with Crippen LogP contribution in [0.15, 0.2) is 36.7 Å². The lowest BCUT2D eigenvalue weighted by Gasteiger charge is -2.18. The summed E-state index contributed by atoms with van der Waals surface area (Å²) in [6.07, 6.45) is -0.615. The minimum absolute atomic E-state index is 0.229. The largest absolute Gasteiger partial charge is 0.490 e. The zero-order chi connectivity index (χ0) is 22.6. The average Bonchev–Trinajstić information content (AvgIpc) is 3.30. The summed E-state index contributed by atoms with van der Waals surface area (Å²) in [4.78, 5) is 32.3. The van der Waals surface area contributed by atoms with E-state index >= 15 is 0 Å². The Morgan fingerprint density at radius 3 is 2.65 bits per heavy atom. The Labute approximate surface area is 176 Å². The van der Waals surface area contributed by atoms with Crippen molar-refractivity contribution in [3.63, 3.8) is 0 Å². The third kappa shape index (κ3) is 5.91. The predicted octanol–water partition coefficient (Wildman–Crippen LogP) is 2.47. The number of hydrogen-bond acceptors (Lipinski definition) is 6. The highest BCUT2D eigenvalue weighted by molar-refractivity contribution is 6.02. The Balaban J connectivity index is 0.000000339. The summed E-state index contributed by atoms with van der Waals surface area (Å²) in [6, 6.07) is 8.26. The molecule has 0 aliphatic carbocycles. The lowest BCUT2D eigenvalue weighted by Crippen LogP contribution is -2.30. The van der Waals surface area contributed by atoms with Gasteiger partial charge >= 0.3 is 12.1 Å². The summed E-state index contributed by atoms with van der Waals surface area (Å²) in [7, 11) is 0. The maximum Gasteiger partial charge on any atom is 0.490 e. The molecule has 0 saturated carbocycles. The molecule has 1 aromatic carbocycles. The van der Waals surface area contributed by atoms with Crippen molar-refractivity contribution in [2.24, 2.45) is 5.92 Å². The van der Waals surface area contributed by atoms with Gasteiger partial charge in [-0.1, -0.05) is 12.1 Å². The van der Waals surface area contributed by atoms with Gasteiger partial charge in [-0.25, -0.2) is 9.78 Å². The Kier molecular flexibility index (Phi) is 6.74. The van der Waals surface area contributed by atoms with Crippen LogP contribution < -0.4 is 15.5 Å². The fourth-order valence-electron chi connectivity index (χ4n) is 3.57. The lowest BCUT2D eigenvalue weighted by atomic mass is 10.1. The molecule has 2 aliphatic heterocycles. The van der Waals surface area contributed by atoms with Crippen LogP contribution >= 0.6 is 0 Å². The molecule has 8 nitrogen and oxygen atoms in total. The van der Waals surface area contributed by atoms with E-state index in [-0.39, 0.29) is 5.91 Å². The van der Waals surface area contributed by atoms with Crippen molar-refractivity contribution in [3.8, 4) is 0 Å². The number of aryl methyl sites for hydroxylation is 1. The van der Waals surface area contributed by atoms with Crippen LogP contribution in [0.5, 0.6) is 0 Å². The number of carbonyl (C=O) groups excluding carboxylic acids is 1. The van der Waals surface area contributed by atoms with E-state index in [1.165, 1.54) is 12.6 Å². The smallest absolute Gasteiger partial charge is 0.475 e. The Morgan fingerprint density at radius 2 is 2.00 bits per heavy atom. The summed E-state index contributed by atoms with van der Waals surface area (Å²) in [6.45, 7) is 5.01. The molecule has 0 radical (unpaired) electrons. The lowest BCUT2D eigenvalue weighted by molar-refractivity contribution is -0.192. The summed E-state index contributed by atoms with van der Waals surface area (Å²) in [5, 5.41) is 13.5. The zero-order valence-corrected chi connectivity index (χ0v) is 16.7. The molecular weight excluding hydrogens is 415 g/mol. The van der Waals surface area contributed by atoms with Crippen LogP contribution in [-0.4, -0.2) is 58.8 Å². The second-order valence-corrected chi connectivity index (χ2v) is 7.40. The van der Waals surface area contributed by atoms with E-state index in [9.17, 15) is 18.0 Å². The number of fused-ring (bicyclic) bond motifs is 1. The molecule has 11 heteroatoms. The molecule has 0 bridgehead atoms. The summed E-state index contributed by atoms with van der Waals surface area (Å²) >= 11 is 0. The number of hydrogen-bond donors (Lipinski definition) is 3. The fraction of sp³-hybridized carbons (Fsp3) is 0.400. The standard InChI is InChI=1S/C18H21N5O.C2HF3O2/c1-12-3-2-4-14(7-12)21-18(24)15-8-19-9-17(22-15)23-10-13-5-6-20-16(13)11-23;3-2(4,5)1(6)7/h2-4,7-9,13,16,20H,5-6,10-11H2,1H3,(H,21,24);(H,6,7)/t13-,16+;/m0./s1. The zero-order valence-electron chi connectivity index (χ0n) is 16.7. The van der Waals surface area contributed by atoms with E-state index in [2.05, 4.69) is 25.5 Å². The number of amides is 1. The minimum atomic E-state index is -5.08. The number of anilines is 2. The van der Waals surface area contributed by atoms with Crippen LogP contribution in [0.3, 0.4) is 0 Å². The van der Waals surface area contributed by atoms with E-state index in [4.69, 9.17) is 9.90 Å². The number of rotatable bonds is 3. The molecule has 0 spiro atoms. The number of halogens is 3. The SMILES string of the molecule is Cc1cccc(NC(=O)c2cncc(N3C[C@@H]4CCN[C@@H]4C3)n2)c1.O=C(O)C(F)(F)F. The quantitative estimate of drug-likeness (QED) is 0.677. The molecule has 3 N–H and O–H groups in total. The average molecular weight is 437 g/mol. The van der Waals surface area contributed by atoms with Crippen molar-refractivity contribution in [2.75, 3.05) is 29.9 Å². The molecule has 1 amide bonds. The summed E-state index contributed by atoms with van der Waals surface area (Å²) in [5.74, 6) is -1.53. The first-order valence-corrected chi connectivity index (χ1v) is 9.62. The van der Waals surface area contributed by atoms with E-state index in [1.807, 2.05) is 31.2 Å². The second kappa shape index (κ2) is 9.29. The highest BCUT2D eigenvalue weighted by Crippen LogP contribution is 2.27. The number of carboxylic acids is 1. The minimum Gasteiger partial charge on any atom is -0.475 e. The van der Waals surface area contributed by atoms with Crippen LogP contribution in [-0.2, 0) is 4.79 Å². The molecule has 31 heavy (non-hydrogen) atoms. The first kappa shape index (κ1) is 22.5. The number of carboxylic acid groups (broad SMARTS) is 1. The first-order chi connectivity index (χ1) is 14.6. The summed E-state index contributed by atoms with van der Waals surface area (Å²) in [5.41, 5.74) is 2.22. The van der Waals surface area contributed by atoms with Gasteiger partial charge in [-0.3, -0.25) is 9.78 Å². The number of alkyl halides is 3. The normalized spacial score (nSPS) is 19.9. The third-order valence-electron chi connectivity index (χ3n) is 5.06. The van der Waals surface area contributed by atoms with Gasteiger partial charge < -0.3 is 20.6 Å². The molecule has 2 saturated heterocycles. The van der Waals surface area contributed by atoms with Gasteiger partial charge in [-0.2, -0.15) is 13.2 Å². The van der Waals surface area contributed by atoms with Crippen molar-refractivity contribution < 1.29 is 27.9 Å². The topological polar surface area (TPSA) is 107 Å². The summed E-state index contributed by atoms with van der Waals surface area (Å²) < 4.78 is 31.7. The molecule has 1 aromatic heterocycles. The second-order valence-electron chi connectivity index (χ2n) is 7.40. The highest BCUT2D eigenvalue weighted by Gasteiger charge is 2.38. The molecule has 2 atom stereocenters. The molecule has 3 heterocycles. The first-order valence-electron chi connectivity index (χ1n) is 9.62. The van der Waals surface area contributed by atoms with Crippen LogP contribution in [0, 0.1) is 12.8 Å². The van der Waals surface area contributed by atoms with Gasteiger partial charge in [0.25, 0.3) is 5.91 Å². The Morgan fingerprint density at radius 1 is 1.26 bits per heavy atom. The Bertz CT molecular complexity index is 942. The number of nitrogens with one attached hydrogen (secondary N) is 2. The number of benzene rings is 1. The van der Waals surface area contributed by atoms with Crippen molar-refractivity contribution in [1.82, 2.24) is 15.3 Å². The molecule has 166 valence electrons. The van der Waals surface area contributed by atoms with E-state index < -0.39 is 12.1 Å². The van der Waals surface area contributed by atoms with Crippen LogP contribution in [0.1, 0.15) is 22.5 Å². The molecule has 2 fully saturated rings. The highest BCUT2D eigenvalue weighted by atomic mass is 19.4. The van der Waals surface area contributed by atoms with Crippen molar-refractivity contribution >= 4 is 23.4 Å². The maximum atomic E-state index is 12.4. The monoisotopic (exact) mass is 437 g/mol. The number of aromatic nitrogens is 2. The van der Waals surface area contributed by atoms with E-state index in [0.29, 0.717) is 17.7 Å². The Hall–Kier alpha value is -3.21. The van der Waals surface area contributed by atoms with Gasteiger partial charge in [0.2, 0.25) is 0 Å². The maximum absolute atomic E-state index is 12.4. The van der Waals surface area contributed by atoms with Gasteiger partial charge in [0.05, 0.1) is 12.4 Å². The van der Waals surface area contributed by atoms with Gasteiger partial charge in [-0.15, -0.1) is 0 Å². The molecule has 2 aromatic rings. The van der Waals surface area contributed by atoms with Crippen LogP contribution in [0.25, 0.3) is 0 Å². The van der Waals surface area contributed by atoms with Crippen LogP contribution in [0.2, 0.25) is 0 Å². The van der Waals surface area contributed by atoms with Gasteiger partial charge in [0.1, 0.15) is 11.5 Å². The van der Waals surface area contributed by atoms with E-state index in [0.717, 1.165) is 36.7 Å². The molecule has 4 rings (SSSR count). The molecular formula is C20H22F3N5O3. The molecule has 2 aliphatic rings. The third-order valence-corrected chi connectivity index (χ3v) is 5.06. The van der Waals surface area contributed by atoms with Gasteiger partial charge in [0, 0.05) is 24.8 Å². The predicted molar refractivity (Wildman–Crippen MR) is 107 cm³/mol.